The maximum atomic E-state index is 12.4. The zero-order chi connectivity index (χ0) is 21.7. The molecule has 1 fully saturated rings. The van der Waals surface area contributed by atoms with Crippen LogP contribution in [-0.4, -0.2) is 35.3 Å². The van der Waals surface area contributed by atoms with Crippen molar-refractivity contribution in [3.63, 3.8) is 0 Å². The van der Waals surface area contributed by atoms with E-state index in [0.717, 1.165) is 11.1 Å². The first kappa shape index (κ1) is 21.4. The van der Waals surface area contributed by atoms with Crippen LogP contribution < -0.4 is 15.6 Å². The molecule has 2 aromatic carbocycles. The highest BCUT2D eigenvalue weighted by Crippen LogP contribution is 2.20. The van der Waals surface area contributed by atoms with Gasteiger partial charge in [0.1, 0.15) is 5.75 Å². The summed E-state index contributed by atoms with van der Waals surface area (Å²) in [6.45, 7) is 6.65. The number of carbonyl (C=O) groups is 3. The van der Waals surface area contributed by atoms with Gasteiger partial charge in [-0.3, -0.25) is 25.2 Å². The molecular weight excluding hydrogens is 382 g/mol. The van der Waals surface area contributed by atoms with E-state index in [9.17, 15) is 14.4 Å². The Balaban J connectivity index is 1.49. The number of carbonyl (C=O) groups excluding carboxylic acids is 3. The third-order valence-corrected chi connectivity index (χ3v) is 4.87. The van der Waals surface area contributed by atoms with E-state index in [1.807, 2.05) is 45.0 Å². The number of hydrogen-bond donors (Lipinski definition) is 2. The molecule has 7 heteroatoms. The molecular formula is C23H27N3O4. The highest BCUT2D eigenvalue weighted by Gasteiger charge is 2.34. The number of nitrogens with zero attached hydrogens (tertiary/aromatic N) is 1. The van der Waals surface area contributed by atoms with Crippen LogP contribution in [-0.2, 0) is 16.1 Å². The molecule has 0 aromatic heterocycles. The van der Waals surface area contributed by atoms with Crippen LogP contribution in [0.4, 0.5) is 0 Å². The van der Waals surface area contributed by atoms with Crippen LogP contribution in [0.3, 0.4) is 0 Å². The van der Waals surface area contributed by atoms with Crippen LogP contribution in [0, 0.1) is 12.8 Å². The summed E-state index contributed by atoms with van der Waals surface area (Å²) < 4.78 is 5.55. The minimum Gasteiger partial charge on any atom is -0.491 e. The van der Waals surface area contributed by atoms with E-state index in [1.165, 1.54) is 0 Å². The Morgan fingerprint density at radius 2 is 1.73 bits per heavy atom. The van der Waals surface area contributed by atoms with Crippen molar-refractivity contribution in [1.29, 1.82) is 0 Å². The first-order valence-electron chi connectivity index (χ1n) is 10.0. The fourth-order valence-corrected chi connectivity index (χ4v) is 3.26. The van der Waals surface area contributed by atoms with Crippen LogP contribution in [0.2, 0.25) is 0 Å². The van der Waals surface area contributed by atoms with E-state index < -0.39 is 11.8 Å². The van der Waals surface area contributed by atoms with Crippen LogP contribution >= 0.6 is 0 Å². The minimum atomic E-state index is -0.495. The summed E-state index contributed by atoms with van der Waals surface area (Å²) in [7, 11) is 0. The molecule has 0 aliphatic carbocycles. The lowest BCUT2D eigenvalue weighted by molar-refractivity contribution is -0.129. The van der Waals surface area contributed by atoms with Gasteiger partial charge in [0, 0.05) is 25.1 Å². The van der Waals surface area contributed by atoms with E-state index in [4.69, 9.17) is 4.74 Å². The van der Waals surface area contributed by atoms with Crippen molar-refractivity contribution in [2.75, 3.05) is 6.54 Å². The Kier molecular flexibility index (Phi) is 6.72. The van der Waals surface area contributed by atoms with E-state index in [1.54, 1.807) is 29.2 Å². The number of amides is 3. The summed E-state index contributed by atoms with van der Waals surface area (Å²) in [4.78, 5) is 38.6. The van der Waals surface area contributed by atoms with Crippen molar-refractivity contribution < 1.29 is 19.1 Å². The molecule has 1 aliphatic rings. The Hall–Kier alpha value is -3.35. The molecule has 0 bridgehead atoms. The largest absolute Gasteiger partial charge is 0.491 e. The average molecular weight is 409 g/mol. The Bertz CT molecular complexity index is 907. The van der Waals surface area contributed by atoms with Gasteiger partial charge in [-0.2, -0.15) is 0 Å². The van der Waals surface area contributed by atoms with Gasteiger partial charge >= 0.3 is 0 Å². The smallest absolute Gasteiger partial charge is 0.269 e. The van der Waals surface area contributed by atoms with Gasteiger partial charge in [-0.15, -0.1) is 0 Å². The molecule has 7 nitrogen and oxygen atoms in total. The van der Waals surface area contributed by atoms with Crippen LogP contribution in [0.15, 0.2) is 48.5 Å². The summed E-state index contributed by atoms with van der Waals surface area (Å²) in [5.74, 6) is -0.695. The maximum Gasteiger partial charge on any atom is 0.269 e. The molecule has 1 saturated heterocycles. The number of aryl methyl sites for hydroxylation is 1. The molecule has 2 N–H and O–H groups in total. The third kappa shape index (κ3) is 5.59. The molecule has 3 amide bonds. The molecule has 0 spiro atoms. The summed E-state index contributed by atoms with van der Waals surface area (Å²) in [5, 5.41) is 0. The third-order valence-electron chi connectivity index (χ3n) is 4.87. The Labute approximate surface area is 176 Å². The lowest BCUT2D eigenvalue weighted by Crippen LogP contribution is -2.45. The fourth-order valence-electron chi connectivity index (χ4n) is 3.26. The molecule has 1 aliphatic heterocycles. The summed E-state index contributed by atoms with van der Waals surface area (Å²) in [5.41, 5.74) is 7.42. The van der Waals surface area contributed by atoms with Gasteiger partial charge in [-0.1, -0.05) is 29.8 Å². The average Bonchev–Trinajstić information content (AvgIpc) is 3.08. The van der Waals surface area contributed by atoms with E-state index in [0.29, 0.717) is 24.4 Å². The normalized spacial score (nSPS) is 15.9. The Morgan fingerprint density at radius 1 is 1.07 bits per heavy atom. The highest BCUT2D eigenvalue weighted by molar-refractivity contribution is 5.96. The molecule has 0 radical (unpaired) electrons. The van der Waals surface area contributed by atoms with Crippen LogP contribution in [0.1, 0.15) is 41.8 Å². The molecule has 0 unspecified atom stereocenters. The molecule has 158 valence electrons. The summed E-state index contributed by atoms with van der Waals surface area (Å²) >= 11 is 0. The number of rotatable bonds is 6. The zero-order valence-corrected chi connectivity index (χ0v) is 17.5. The molecule has 1 atom stereocenters. The number of likely N-dealkylation sites (tertiary alicyclic amines) is 1. The number of nitrogens with one attached hydrogen (secondary N) is 2. The highest BCUT2D eigenvalue weighted by atomic mass is 16.5. The van der Waals surface area contributed by atoms with E-state index >= 15 is 0 Å². The molecule has 3 rings (SSSR count). The predicted octanol–water partition coefficient (Wildman–Crippen LogP) is 2.59. The second kappa shape index (κ2) is 9.43. The van der Waals surface area contributed by atoms with Gasteiger partial charge in [-0.05, 0) is 50.6 Å². The van der Waals surface area contributed by atoms with Crippen molar-refractivity contribution in [2.45, 2.75) is 39.8 Å². The maximum absolute atomic E-state index is 12.4. The number of hydrazine groups is 1. The Morgan fingerprint density at radius 3 is 2.37 bits per heavy atom. The van der Waals surface area contributed by atoms with Crippen molar-refractivity contribution in [3.05, 3.63) is 65.2 Å². The summed E-state index contributed by atoms with van der Waals surface area (Å²) in [6, 6.07) is 14.6. The predicted molar refractivity (Wildman–Crippen MR) is 113 cm³/mol. The standard InChI is InChI=1S/C23H27N3O4/c1-15(2)30-20-10-8-18(9-11-20)22(28)24-25-23(29)19-12-21(27)26(14-19)13-17-6-4-16(3)5-7-17/h4-11,15,19H,12-14H2,1-3H3,(H,24,28)(H,25,29)/t19-/m0/s1. The monoisotopic (exact) mass is 409 g/mol. The lowest BCUT2D eigenvalue weighted by Gasteiger charge is -2.17. The van der Waals surface area contributed by atoms with Gasteiger partial charge in [0.05, 0.1) is 12.0 Å². The first-order chi connectivity index (χ1) is 14.3. The number of hydrogen-bond acceptors (Lipinski definition) is 4. The summed E-state index contributed by atoms with van der Waals surface area (Å²) in [6.07, 6.45) is 0.179. The second-order valence-electron chi connectivity index (χ2n) is 7.80. The van der Waals surface area contributed by atoms with Crippen LogP contribution in [0.5, 0.6) is 5.75 Å². The topological polar surface area (TPSA) is 87.7 Å². The fraction of sp³-hybridized carbons (Fsp3) is 0.348. The van der Waals surface area contributed by atoms with Gasteiger partial charge < -0.3 is 9.64 Å². The van der Waals surface area contributed by atoms with Crippen molar-refractivity contribution in [2.24, 2.45) is 5.92 Å². The van der Waals surface area contributed by atoms with Crippen molar-refractivity contribution >= 4 is 17.7 Å². The molecule has 2 aromatic rings. The van der Waals surface area contributed by atoms with Gasteiger partial charge in [0.2, 0.25) is 11.8 Å². The second-order valence-corrected chi connectivity index (χ2v) is 7.80. The van der Waals surface area contributed by atoms with Crippen molar-refractivity contribution in [1.82, 2.24) is 15.8 Å². The molecule has 1 heterocycles. The molecule has 30 heavy (non-hydrogen) atoms. The first-order valence-corrected chi connectivity index (χ1v) is 10.0. The van der Waals surface area contributed by atoms with Gasteiger partial charge in [0.15, 0.2) is 0 Å². The molecule has 0 saturated carbocycles. The minimum absolute atomic E-state index is 0.0451. The zero-order valence-electron chi connectivity index (χ0n) is 17.5. The quantitative estimate of drug-likeness (QED) is 0.718. The van der Waals surface area contributed by atoms with E-state index in [2.05, 4.69) is 10.9 Å². The van der Waals surface area contributed by atoms with Gasteiger partial charge in [-0.25, -0.2) is 0 Å². The van der Waals surface area contributed by atoms with Gasteiger partial charge in [0.25, 0.3) is 5.91 Å². The van der Waals surface area contributed by atoms with Crippen LogP contribution in [0.25, 0.3) is 0 Å². The van der Waals surface area contributed by atoms with Crippen molar-refractivity contribution in [3.8, 4) is 5.75 Å². The van der Waals surface area contributed by atoms with E-state index in [-0.39, 0.29) is 24.3 Å². The lowest BCUT2D eigenvalue weighted by atomic mass is 10.1. The SMILES string of the molecule is Cc1ccc(CN2C[C@@H](C(=O)NNC(=O)c3ccc(OC(C)C)cc3)CC2=O)cc1. The number of ether oxygens (including phenoxy) is 1. The number of benzene rings is 2.